The number of hydrogen-bond acceptors (Lipinski definition) is 3. The first-order valence-electron chi connectivity index (χ1n) is 5.81. The molecule has 4 nitrogen and oxygen atoms in total. The van der Waals surface area contributed by atoms with E-state index in [1.807, 2.05) is 30.3 Å². The quantitative estimate of drug-likeness (QED) is 0.802. The molecule has 0 aliphatic carbocycles. The summed E-state index contributed by atoms with van der Waals surface area (Å²) in [4.78, 5) is 24.7. The molecule has 0 bridgehead atoms. The number of amides is 2. The Morgan fingerprint density at radius 2 is 2.11 bits per heavy atom. The number of alkyl halides is 1. The van der Waals surface area contributed by atoms with Crippen molar-refractivity contribution < 1.29 is 14.3 Å². The zero-order chi connectivity index (χ0) is 13.0. The lowest BCUT2D eigenvalue weighted by Crippen LogP contribution is -2.40. The molecule has 2 rings (SSSR count). The zero-order valence-electron chi connectivity index (χ0n) is 9.84. The molecule has 0 saturated carbocycles. The molecule has 1 heterocycles. The fraction of sp³-hybridized carbons (Fsp3) is 0.385. The Kier molecular flexibility index (Phi) is 4.36. The number of hydrogen-bond donors (Lipinski definition) is 0. The van der Waals surface area contributed by atoms with Gasteiger partial charge in [-0.25, -0.2) is 9.69 Å². The van der Waals surface area contributed by atoms with Crippen molar-refractivity contribution in [1.82, 2.24) is 4.90 Å². The van der Waals surface area contributed by atoms with Gasteiger partial charge in [0.15, 0.2) is 0 Å². The molecule has 1 saturated heterocycles. The highest BCUT2D eigenvalue weighted by atomic mass is 79.9. The van der Waals surface area contributed by atoms with Gasteiger partial charge in [0.1, 0.15) is 6.61 Å². The third-order valence-corrected chi connectivity index (χ3v) is 3.25. The molecule has 0 aromatic heterocycles. The van der Waals surface area contributed by atoms with Crippen LogP contribution in [-0.2, 0) is 16.0 Å². The average Bonchev–Trinajstić information content (AvgIpc) is 2.72. The molecule has 5 heteroatoms. The summed E-state index contributed by atoms with van der Waals surface area (Å²) < 4.78 is 4.97. The van der Waals surface area contributed by atoms with Crippen molar-refractivity contribution in [2.24, 2.45) is 0 Å². The molecule has 18 heavy (non-hydrogen) atoms. The highest BCUT2D eigenvalue weighted by molar-refractivity contribution is 9.09. The van der Waals surface area contributed by atoms with E-state index in [1.54, 1.807) is 0 Å². The Bertz CT molecular complexity index is 435. The lowest BCUT2D eigenvalue weighted by atomic mass is 10.1. The summed E-state index contributed by atoms with van der Waals surface area (Å²) in [5, 5.41) is 0.549. The van der Waals surface area contributed by atoms with Gasteiger partial charge in [0.05, 0.1) is 6.04 Å². The number of carbonyl (C=O) groups excluding carboxylic acids is 2. The van der Waals surface area contributed by atoms with Crippen LogP contribution in [0.3, 0.4) is 0 Å². The average molecular weight is 312 g/mol. The van der Waals surface area contributed by atoms with Crippen molar-refractivity contribution >= 4 is 27.9 Å². The molecular weight excluding hydrogens is 298 g/mol. The van der Waals surface area contributed by atoms with Crippen LogP contribution >= 0.6 is 15.9 Å². The molecule has 0 N–H and O–H groups in total. The van der Waals surface area contributed by atoms with Crippen LogP contribution in [0.1, 0.15) is 12.0 Å². The zero-order valence-corrected chi connectivity index (χ0v) is 11.4. The summed E-state index contributed by atoms with van der Waals surface area (Å²) in [5.41, 5.74) is 1.09. The van der Waals surface area contributed by atoms with Gasteiger partial charge in [-0.05, 0) is 12.0 Å². The highest BCUT2D eigenvalue weighted by Gasteiger charge is 2.37. The minimum absolute atomic E-state index is 0.185. The molecule has 1 aromatic carbocycles. The van der Waals surface area contributed by atoms with E-state index >= 15 is 0 Å². The second kappa shape index (κ2) is 6.00. The second-order valence-corrected chi connectivity index (χ2v) is 4.92. The lowest BCUT2D eigenvalue weighted by molar-refractivity contribution is -0.128. The van der Waals surface area contributed by atoms with Crippen LogP contribution in [0.5, 0.6) is 0 Å². The van der Waals surface area contributed by atoms with Gasteiger partial charge in [0.2, 0.25) is 5.91 Å². The smallest absolute Gasteiger partial charge is 0.416 e. The largest absolute Gasteiger partial charge is 0.447 e. The molecule has 0 radical (unpaired) electrons. The van der Waals surface area contributed by atoms with Crippen LogP contribution < -0.4 is 0 Å². The molecule has 1 aliphatic heterocycles. The van der Waals surface area contributed by atoms with E-state index in [1.165, 1.54) is 4.90 Å². The van der Waals surface area contributed by atoms with Gasteiger partial charge in [-0.15, -0.1) is 0 Å². The maximum Gasteiger partial charge on any atom is 0.416 e. The van der Waals surface area contributed by atoms with Crippen LogP contribution in [0.15, 0.2) is 30.3 Å². The van der Waals surface area contributed by atoms with Crippen molar-refractivity contribution in [2.45, 2.75) is 18.9 Å². The molecule has 2 amide bonds. The Balaban J connectivity index is 2.07. The van der Waals surface area contributed by atoms with E-state index in [2.05, 4.69) is 15.9 Å². The van der Waals surface area contributed by atoms with Gasteiger partial charge in [-0.2, -0.15) is 0 Å². The number of cyclic esters (lactones) is 1. The number of imide groups is 1. The first-order valence-corrected chi connectivity index (χ1v) is 6.93. The number of ether oxygens (including phenoxy) is 1. The third-order valence-electron chi connectivity index (χ3n) is 2.85. The van der Waals surface area contributed by atoms with E-state index in [0.717, 1.165) is 5.56 Å². The fourth-order valence-corrected chi connectivity index (χ4v) is 2.34. The summed E-state index contributed by atoms with van der Waals surface area (Å²) >= 11 is 3.20. The maximum absolute atomic E-state index is 11.9. The van der Waals surface area contributed by atoms with E-state index in [0.29, 0.717) is 18.2 Å². The topological polar surface area (TPSA) is 46.6 Å². The van der Waals surface area contributed by atoms with E-state index < -0.39 is 6.09 Å². The van der Waals surface area contributed by atoms with Crippen LogP contribution in [0.2, 0.25) is 0 Å². The lowest BCUT2D eigenvalue weighted by Gasteiger charge is -2.19. The summed E-state index contributed by atoms with van der Waals surface area (Å²) in [6, 6.07) is 9.60. The molecule has 1 atom stereocenters. The minimum atomic E-state index is -0.526. The SMILES string of the molecule is O=C(CCBr)N1C(=O)OC[C@H]1Cc1ccccc1. The molecule has 1 fully saturated rings. The van der Waals surface area contributed by atoms with E-state index in [-0.39, 0.29) is 18.6 Å². The van der Waals surface area contributed by atoms with Crippen molar-refractivity contribution in [2.75, 3.05) is 11.9 Å². The van der Waals surface area contributed by atoms with Crippen LogP contribution in [0.25, 0.3) is 0 Å². The van der Waals surface area contributed by atoms with Crippen molar-refractivity contribution in [3.63, 3.8) is 0 Å². The van der Waals surface area contributed by atoms with Gasteiger partial charge in [0.25, 0.3) is 0 Å². The summed E-state index contributed by atoms with van der Waals surface area (Å²) in [6.45, 7) is 0.280. The Hall–Kier alpha value is -1.36. The normalized spacial score (nSPS) is 18.8. The first-order chi connectivity index (χ1) is 8.72. The van der Waals surface area contributed by atoms with Crippen LogP contribution in [0, 0.1) is 0 Å². The fourth-order valence-electron chi connectivity index (χ4n) is 2.00. The number of benzene rings is 1. The van der Waals surface area contributed by atoms with Gasteiger partial charge in [-0.1, -0.05) is 46.3 Å². The van der Waals surface area contributed by atoms with Crippen LogP contribution in [0.4, 0.5) is 4.79 Å². The van der Waals surface area contributed by atoms with Gasteiger partial charge >= 0.3 is 6.09 Å². The number of rotatable bonds is 4. The predicted octanol–water partition coefficient (Wildman–Crippen LogP) is 2.36. The molecular formula is C13H14BrNO3. The number of halogens is 1. The van der Waals surface area contributed by atoms with Crippen molar-refractivity contribution in [3.8, 4) is 0 Å². The van der Waals surface area contributed by atoms with Gasteiger partial charge in [-0.3, -0.25) is 4.79 Å². The Morgan fingerprint density at radius 1 is 1.39 bits per heavy atom. The predicted molar refractivity (Wildman–Crippen MR) is 70.5 cm³/mol. The molecule has 0 spiro atoms. The maximum atomic E-state index is 11.9. The van der Waals surface area contributed by atoms with Crippen LogP contribution in [-0.4, -0.2) is 34.9 Å². The minimum Gasteiger partial charge on any atom is -0.447 e. The second-order valence-electron chi connectivity index (χ2n) is 4.12. The number of nitrogens with zero attached hydrogens (tertiary/aromatic N) is 1. The Labute approximate surface area is 114 Å². The monoisotopic (exact) mass is 311 g/mol. The summed E-state index contributed by atoms with van der Waals surface area (Å²) in [6.07, 6.45) is 0.419. The van der Waals surface area contributed by atoms with Crippen molar-refractivity contribution in [1.29, 1.82) is 0 Å². The first kappa shape index (κ1) is 13.1. The molecule has 0 unspecified atom stereocenters. The Morgan fingerprint density at radius 3 is 2.78 bits per heavy atom. The highest BCUT2D eigenvalue weighted by Crippen LogP contribution is 2.18. The standard InChI is InChI=1S/C13H14BrNO3/c14-7-6-12(16)15-11(9-18-13(15)17)8-10-4-2-1-3-5-10/h1-5,11H,6-9H2/t11-/m1/s1. The van der Waals surface area contributed by atoms with Gasteiger partial charge < -0.3 is 4.74 Å². The number of carbonyl (C=O) groups is 2. The van der Waals surface area contributed by atoms with E-state index in [9.17, 15) is 9.59 Å². The third kappa shape index (κ3) is 2.90. The molecule has 1 aliphatic rings. The summed E-state index contributed by atoms with van der Waals surface area (Å²) in [5.74, 6) is -0.185. The van der Waals surface area contributed by atoms with Crippen molar-refractivity contribution in [3.05, 3.63) is 35.9 Å². The van der Waals surface area contributed by atoms with E-state index in [4.69, 9.17) is 4.74 Å². The molecule has 96 valence electrons. The van der Waals surface area contributed by atoms with Gasteiger partial charge in [0, 0.05) is 11.8 Å². The molecule has 1 aromatic rings. The summed E-state index contributed by atoms with van der Waals surface area (Å²) in [7, 11) is 0.